The number of aromatic nitrogens is 1. The predicted octanol–water partition coefficient (Wildman–Crippen LogP) is 1.76. The Labute approximate surface area is 221 Å². The Kier molecular flexibility index (Phi) is 5.97. The van der Waals surface area contributed by atoms with E-state index in [4.69, 9.17) is 17.3 Å². The van der Waals surface area contributed by atoms with Crippen LogP contribution in [0.2, 0.25) is 5.15 Å². The van der Waals surface area contributed by atoms with E-state index < -0.39 is 63.8 Å². The maximum Gasteiger partial charge on any atom is 0.255 e. The van der Waals surface area contributed by atoms with Crippen LogP contribution in [-0.2, 0) is 20.8 Å². The molecule has 3 aliphatic carbocycles. The molecular formula is C26H25ClN4O7. The van der Waals surface area contributed by atoms with Gasteiger partial charge < -0.3 is 31.5 Å². The molecule has 5 rings (SSSR count). The number of aliphatic hydroxyl groups excluding tert-OH is 2. The Morgan fingerprint density at radius 3 is 2.45 bits per heavy atom. The maximum absolute atomic E-state index is 13.9. The molecule has 1 amide bonds. The van der Waals surface area contributed by atoms with Gasteiger partial charge in [0.15, 0.2) is 23.0 Å². The Bertz CT molecular complexity index is 1470. The molecule has 1 heterocycles. The van der Waals surface area contributed by atoms with Crippen LogP contribution in [0, 0.1) is 11.8 Å². The van der Waals surface area contributed by atoms with Gasteiger partial charge >= 0.3 is 0 Å². The molecule has 198 valence electrons. The number of hydrogen-bond acceptors (Lipinski definition) is 10. The van der Waals surface area contributed by atoms with E-state index in [-0.39, 0.29) is 40.5 Å². The Hall–Kier alpha value is -3.93. The fraction of sp³-hybridized carbons (Fsp3) is 0.308. The highest BCUT2D eigenvalue weighted by molar-refractivity contribution is 6.31. The number of pyridine rings is 1. The highest BCUT2D eigenvalue weighted by Gasteiger charge is 2.64. The molecule has 12 heteroatoms. The average Bonchev–Trinajstić information content (AvgIpc) is 2.84. The summed E-state index contributed by atoms with van der Waals surface area (Å²) in [5.74, 6) is -7.42. The van der Waals surface area contributed by atoms with Gasteiger partial charge in [-0.25, -0.2) is 4.98 Å². The van der Waals surface area contributed by atoms with E-state index in [1.54, 1.807) is 30.3 Å². The lowest BCUT2D eigenvalue weighted by molar-refractivity contribution is -0.153. The third kappa shape index (κ3) is 3.50. The molecule has 4 atom stereocenters. The lowest BCUT2D eigenvalue weighted by Crippen LogP contribution is -2.65. The molecule has 0 saturated heterocycles. The first-order valence-corrected chi connectivity index (χ1v) is 12.2. The molecular weight excluding hydrogens is 516 g/mol. The number of aliphatic hydroxyl groups is 3. The number of benzene rings is 1. The standard InChI is InChI=1S/C26H25ClN4O7/c1-31(2)17-13-9-10-8-12-15(20(34)25(30-23(12)27)29-11-6-4-3-5-7-11)18(32)14(10)21(35)26(13,38)22(36)16(19(17)33)24(28)37/h3-7,10,13,17,32,34,36,38H,8-9H2,1-2H3,(H2,28,37)(H,29,30)/t10-,13-,17-,26-/m0/s1. The number of anilines is 2. The zero-order chi connectivity index (χ0) is 27.7. The number of aromatic hydroxyl groups is 1. The molecule has 1 aromatic heterocycles. The lowest BCUT2D eigenvalue weighted by atomic mass is 9.57. The summed E-state index contributed by atoms with van der Waals surface area (Å²) >= 11 is 6.47. The number of nitrogens with one attached hydrogen (secondary N) is 1. The third-order valence-electron chi connectivity index (χ3n) is 7.57. The van der Waals surface area contributed by atoms with Gasteiger partial charge in [0.1, 0.15) is 22.2 Å². The maximum atomic E-state index is 13.9. The Morgan fingerprint density at radius 1 is 1.18 bits per heavy atom. The van der Waals surface area contributed by atoms with Crippen molar-refractivity contribution in [2.75, 3.05) is 19.4 Å². The second-order valence-corrected chi connectivity index (χ2v) is 10.3. The first-order valence-electron chi connectivity index (χ1n) is 11.8. The van der Waals surface area contributed by atoms with Crippen LogP contribution in [0.3, 0.4) is 0 Å². The number of Topliss-reactive ketones (excluding diaryl/α,β-unsaturated/α-hetero) is 2. The molecule has 2 aromatic rings. The molecule has 11 nitrogen and oxygen atoms in total. The van der Waals surface area contributed by atoms with Crippen LogP contribution < -0.4 is 11.1 Å². The lowest BCUT2D eigenvalue weighted by Gasteiger charge is -2.50. The summed E-state index contributed by atoms with van der Waals surface area (Å²) < 4.78 is 0. The first-order chi connectivity index (χ1) is 17.9. The molecule has 38 heavy (non-hydrogen) atoms. The van der Waals surface area contributed by atoms with E-state index in [0.717, 1.165) is 0 Å². The third-order valence-corrected chi connectivity index (χ3v) is 7.88. The predicted molar refractivity (Wildman–Crippen MR) is 137 cm³/mol. The van der Waals surface area contributed by atoms with Crippen molar-refractivity contribution in [2.24, 2.45) is 17.6 Å². The zero-order valence-electron chi connectivity index (χ0n) is 20.4. The highest BCUT2D eigenvalue weighted by Crippen LogP contribution is 2.53. The monoisotopic (exact) mass is 540 g/mol. The molecule has 1 aromatic carbocycles. The molecule has 0 aliphatic heterocycles. The van der Waals surface area contributed by atoms with Crippen LogP contribution in [-0.4, -0.2) is 73.5 Å². The van der Waals surface area contributed by atoms with E-state index in [2.05, 4.69) is 10.3 Å². The number of rotatable bonds is 4. The Balaban J connectivity index is 1.69. The fourth-order valence-electron chi connectivity index (χ4n) is 5.90. The summed E-state index contributed by atoms with van der Waals surface area (Å²) in [5.41, 5.74) is 2.22. The van der Waals surface area contributed by atoms with Crippen molar-refractivity contribution in [1.29, 1.82) is 0 Å². The van der Waals surface area contributed by atoms with Crippen LogP contribution >= 0.6 is 11.6 Å². The Morgan fingerprint density at radius 2 is 1.84 bits per heavy atom. The minimum Gasteiger partial charge on any atom is -0.508 e. The normalized spacial score (nSPS) is 26.7. The van der Waals surface area contributed by atoms with Gasteiger partial charge in [-0.3, -0.25) is 19.3 Å². The molecule has 3 aliphatic rings. The number of hydrogen-bond donors (Lipinski definition) is 6. The molecule has 0 unspecified atom stereocenters. The second kappa shape index (κ2) is 8.83. The number of primary amides is 1. The second-order valence-electron chi connectivity index (χ2n) is 9.91. The average molecular weight is 541 g/mol. The van der Waals surface area contributed by atoms with Gasteiger partial charge in [-0.05, 0) is 45.0 Å². The van der Waals surface area contributed by atoms with Crippen LogP contribution in [0.4, 0.5) is 11.5 Å². The minimum atomic E-state index is -2.71. The van der Waals surface area contributed by atoms with Crippen molar-refractivity contribution in [1.82, 2.24) is 9.88 Å². The summed E-state index contributed by atoms with van der Waals surface area (Å²) in [4.78, 5) is 44.7. The number of fused-ring (bicyclic) bond motifs is 3. The van der Waals surface area contributed by atoms with Crippen molar-refractivity contribution in [3.63, 3.8) is 0 Å². The van der Waals surface area contributed by atoms with E-state index in [0.29, 0.717) is 5.69 Å². The highest BCUT2D eigenvalue weighted by atomic mass is 35.5. The van der Waals surface area contributed by atoms with Gasteiger partial charge in [0.25, 0.3) is 5.91 Å². The number of ketones is 2. The summed E-state index contributed by atoms with van der Waals surface area (Å²) in [6.07, 6.45) is 0.0203. The van der Waals surface area contributed by atoms with Gasteiger partial charge in [0.05, 0.1) is 11.6 Å². The SMILES string of the molecule is CN(C)[C@@H]1C(=O)C(C(N)=O)=C(O)[C@@]2(O)C(=O)C3=C(O)c4c(O)c(Nc5ccccc5)nc(Cl)c4C[C@H]3C[C@@H]12. The number of carbonyl (C=O) groups is 3. The van der Waals surface area contributed by atoms with Crippen LogP contribution in [0.25, 0.3) is 5.76 Å². The van der Waals surface area contributed by atoms with Gasteiger partial charge in [-0.2, -0.15) is 0 Å². The van der Waals surface area contributed by atoms with Crippen molar-refractivity contribution < 1.29 is 34.8 Å². The van der Waals surface area contributed by atoms with E-state index in [1.807, 2.05) is 0 Å². The van der Waals surface area contributed by atoms with Crippen LogP contribution in [0.15, 0.2) is 47.2 Å². The summed E-state index contributed by atoms with van der Waals surface area (Å²) in [6, 6.07) is 7.61. The molecule has 0 bridgehead atoms. The molecule has 0 radical (unpaired) electrons. The van der Waals surface area contributed by atoms with Crippen LogP contribution in [0.1, 0.15) is 17.5 Å². The summed E-state index contributed by atoms with van der Waals surface area (Å²) in [6.45, 7) is 0. The molecule has 1 saturated carbocycles. The minimum absolute atomic E-state index is 0.0160. The first kappa shape index (κ1) is 25.7. The number of nitrogens with two attached hydrogens (primary N) is 1. The van der Waals surface area contributed by atoms with Gasteiger partial charge in [0, 0.05) is 22.7 Å². The topological polar surface area (TPSA) is 186 Å². The number of para-hydroxylation sites is 1. The van der Waals surface area contributed by atoms with Gasteiger partial charge in [0.2, 0.25) is 5.78 Å². The smallest absolute Gasteiger partial charge is 0.255 e. The number of likely N-dealkylation sites (N-methyl/N-ethyl adjacent to an activating group) is 1. The molecule has 0 spiro atoms. The van der Waals surface area contributed by atoms with E-state index in [9.17, 15) is 34.8 Å². The summed E-state index contributed by atoms with van der Waals surface area (Å²) in [7, 11) is 3.07. The zero-order valence-corrected chi connectivity index (χ0v) is 21.2. The number of halogens is 1. The quantitative estimate of drug-likeness (QED) is 0.246. The largest absolute Gasteiger partial charge is 0.508 e. The number of amides is 1. The number of carbonyl (C=O) groups excluding carboxylic acids is 3. The van der Waals surface area contributed by atoms with Crippen molar-refractivity contribution in [3.8, 4) is 5.75 Å². The fourth-order valence-corrected chi connectivity index (χ4v) is 6.16. The van der Waals surface area contributed by atoms with Crippen molar-refractivity contribution >= 4 is 46.3 Å². The summed E-state index contributed by atoms with van der Waals surface area (Å²) in [5, 5.41) is 47.8. The molecule has 1 fully saturated rings. The molecule has 7 N–H and O–H groups in total. The van der Waals surface area contributed by atoms with Gasteiger partial charge in [-0.15, -0.1) is 0 Å². The van der Waals surface area contributed by atoms with Gasteiger partial charge in [-0.1, -0.05) is 29.8 Å². The van der Waals surface area contributed by atoms with Crippen molar-refractivity contribution in [2.45, 2.75) is 24.5 Å². The number of nitrogens with zero attached hydrogens (tertiary/aromatic N) is 2. The van der Waals surface area contributed by atoms with E-state index in [1.165, 1.54) is 19.0 Å². The van der Waals surface area contributed by atoms with Crippen molar-refractivity contribution in [3.05, 3.63) is 63.5 Å². The van der Waals surface area contributed by atoms with Crippen LogP contribution in [0.5, 0.6) is 5.75 Å². The van der Waals surface area contributed by atoms with E-state index >= 15 is 0 Å².